The standard InChI is InChI=1S/C11H19N5O3/c1-3-19-11(17)4-5-13-8-6-9(16-12)15-10(14-8)7-18-2/h6H,3-5,7,12H2,1-2H3,(H2,13,14,15,16). The van der Waals surface area contributed by atoms with Crippen LogP contribution in [0.1, 0.15) is 19.2 Å². The van der Waals surface area contributed by atoms with Crippen LogP contribution < -0.4 is 16.6 Å². The molecule has 4 N–H and O–H groups in total. The Morgan fingerprint density at radius 2 is 2.16 bits per heavy atom. The van der Waals surface area contributed by atoms with Gasteiger partial charge in [0.2, 0.25) is 0 Å². The van der Waals surface area contributed by atoms with E-state index in [-0.39, 0.29) is 19.0 Å². The smallest absolute Gasteiger partial charge is 0.307 e. The first-order valence-electron chi connectivity index (χ1n) is 5.92. The van der Waals surface area contributed by atoms with Crippen LogP contribution in [-0.2, 0) is 20.9 Å². The maximum absolute atomic E-state index is 11.2. The second kappa shape index (κ2) is 8.22. The first-order chi connectivity index (χ1) is 9.19. The SMILES string of the molecule is CCOC(=O)CCNc1cc(NN)nc(COC)n1. The number of methoxy groups -OCH3 is 1. The van der Waals surface area contributed by atoms with Gasteiger partial charge in [0.15, 0.2) is 5.82 Å². The summed E-state index contributed by atoms with van der Waals surface area (Å²) in [7, 11) is 1.56. The molecule has 0 amide bonds. The summed E-state index contributed by atoms with van der Waals surface area (Å²) in [5.41, 5.74) is 2.45. The molecule has 0 aliphatic heterocycles. The molecule has 0 atom stereocenters. The van der Waals surface area contributed by atoms with Crippen molar-refractivity contribution in [3.05, 3.63) is 11.9 Å². The van der Waals surface area contributed by atoms with Gasteiger partial charge in [0.25, 0.3) is 0 Å². The van der Waals surface area contributed by atoms with Crippen LogP contribution in [0.4, 0.5) is 11.6 Å². The number of esters is 1. The molecule has 0 bridgehead atoms. The van der Waals surface area contributed by atoms with E-state index in [2.05, 4.69) is 20.7 Å². The van der Waals surface area contributed by atoms with Crippen molar-refractivity contribution in [2.24, 2.45) is 5.84 Å². The predicted molar refractivity (Wildman–Crippen MR) is 70.3 cm³/mol. The number of aromatic nitrogens is 2. The van der Waals surface area contributed by atoms with Crippen LogP contribution in [0, 0.1) is 0 Å². The lowest BCUT2D eigenvalue weighted by Gasteiger charge is -2.09. The highest BCUT2D eigenvalue weighted by Gasteiger charge is 2.05. The van der Waals surface area contributed by atoms with E-state index >= 15 is 0 Å². The van der Waals surface area contributed by atoms with E-state index in [1.54, 1.807) is 20.1 Å². The summed E-state index contributed by atoms with van der Waals surface area (Å²) < 4.78 is 9.78. The van der Waals surface area contributed by atoms with Crippen LogP contribution in [-0.4, -0.2) is 36.2 Å². The second-order valence-electron chi connectivity index (χ2n) is 3.61. The van der Waals surface area contributed by atoms with Gasteiger partial charge < -0.3 is 20.2 Å². The number of hydrogen-bond donors (Lipinski definition) is 3. The van der Waals surface area contributed by atoms with E-state index in [1.165, 1.54) is 0 Å². The number of nitrogens with two attached hydrogens (primary N) is 1. The Morgan fingerprint density at radius 3 is 2.79 bits per heavy atom. The molecule has 0 saturated heterocycles. The molecule has 0 saturated carbocycles. The first-order valence-corrected chi connectivity index (χ1v) is 5.92. The molecule has 19 heavy (non-hydrogen) atoms. The molecule has 8 heteroatoms. The largest absolute Gasteiger partial charge is 0.466 e. The van der Waals surface area contributed by atoms with Gasteiger partial charge in [-0.3, -0.25) is 4.79 Å². The Morgan fingerprint density at radius 1 is 1.42 bits per heavy atom. The minimum Gasteiger partial charge on any atom is -0.466 e. The number of nitrogens with one attached hydrogen (secondary N) is 2. The van der Waals surface area contributed by atoms with E-state index in [0.29, 0.717) is 30.6 Å². The number of hydrogen-bond acceptors (Lipinski definition) is 8. The third-order valence-corrected chi connectivity index (χ3v) is 2.13. The normalized spacial score (nSPS) is 10.1. The summed E-state index contributed by atoms with van der Waals surface area (Å²) in [6.45, 7) is 2.85. The van der Waals surface area contributed by atoms with Crippen molar-refractivity contribution < 1.29 is 14.3 Å². The van der Waals surface area contributed by atoms with Gasteiger partial charge >= 0.3 is 5.97 Å². The van der Waals surface area contributed by atoms with Crippen molar-refractivity contribution >= 4 is 17.6 Å². The second-order valence-corrected chi connectivity index (χ2v) is 3.61. The maximum Gasteiger partial charge on any atom is 0.307 e. The van der Waals surface area contributed by atoms with Gasteiger partial charge in [-0.2, -0.15) is 0 Å². The lowest BCUT2D eigenvalue weighted by Crippen LogP contribution is -2.15. The summed E-state index contributed by atoms with van der Waals surface area (Å²) >= 11 is 0. The molecule has 8 nitrogen and oxygen atoms in total. The van der Waals surface area contributed by atoms with Crippen LogP contribution in [0.5, 0.6) is 0 Å². The average Bonchev–Trinajstić information content (AvgIpc) is 2.39. The summed E-state index contributed by atoms with van der Waals surface area (Å²) in [6.07, 6.45) is 0.267. The van der Waals surface area contributed by atoms with E-state index in [1.807, 2.05) is 0 Å². The molecular weight excluding hydrogens is 250 g/mol. The molecule has 0 fully saturated rings. The number of anilines is 2. The lowest BCUT2D eigenvalue weighted by atomic mass is 10.4. The fourth-order valence-electron chi connectivity index (χ4n) is 1.38. The Hall–Kier alpha value is -1.93. The van der Waals surface area contributed by atoms with Gasteiger partial charge in [0.1, 0.15) is 18.2 Å². The van der Waals surface area contributed by atoms with Crippen molar-refractivity contribution in [3.8, 4) is 0 Å². The van der Waals surface area contributed by atoms with E-state index in [0.717, 1.165) is 0 Å². The number of carbonyl (C=O) groups is 1. The molecule has 0 unspecified atom stereocenters. The Labute approximate surface area is 111 Å². The highest BCUT2D eigenvalue weighted by molar-refractivity contribution is 5.70. The number of hydrazine groups is 1. The number of ether oxygens (including phenoxy) is 2. The highest BCUT2D eigenvalue weighted by Crippen LogP contribution is 2.11. The minimum atomic E-state index is -0.252. The van der Waals surface area contributed by atoms with E-state index in [4.69, 9.17) is 15.3 Å². The van der Waals surface area contributed by atoms with Crippen molar-refractivity contribution in [1.29, 1.82) is 0 Å². The third kappa shape index (κ3) is 5.49. The Bertz CT molecular complexity index is 413. The fourth-order valence-corrected chi connectivity index (χ4v) is 1.38. The molecular formula is C11H19N5O3. The van der Waals surface area contributed by atoms with Crippen molar-refractivity contribution in [1.82, 2.24) is 9.97 Å². The Balaban J connectivity index is 2.56. The van der Waals surface area contributed by atoms with Crippen molar-refractivity contribution in [2.45, 2.75) is 20.0 Å². The van der Waals surface area contributed by atoms with Gasteiger partial charge in [-0.25, -0.2) is 15.8 Å². The molecule has 0 aliphatic carbocycles. The molecule has 1 aromatic rings. The van der Waals surface area contributed by atoms with Crippen molar-refractivity contribution in [2.75, 3.05) is 31.0 Å². The van der Waals surface area contributed by atoms with E-state index in [9.17, 15) is 4.79 Å². The van der Waals surface area contributed by atoms with Crippen LogP contribution >= 0.6 is 0 Å². The fraction of sp³-hybridized carbons (Fsp3) is 0.545. The summed E-state index contributed by atoms with van der Waals surface area (Å²) in [5.74, 6) is 6.60. The maximum atomic E-state index is 11.2. The van der Waals surface area contributed by atoms with Gasteiger partial charge in [-0.1, -0.05) is 0 Å². The molecule has 1 heterocycles. The topological polar surface area (TPSA) is 111 Å². The minimum absolute atomic E-state index is 0.252. The van der Waals surface area contributed by atoms with Crippen molar-refractivity contribution in [3.63, 3.8) is 0 Å². The molecule has 106 valence electrons. The zero-order chi connectivity index (χ0) is 14.1. The van der Waals surface area contributed by atoms with Crippen LogP contribution in [0.15, 0.2) is 6.07 Å². The van der Waals surface area contributed by atoms with Crippen LogP contribution in [0.3, 0.4) is 0 Å². The van der Waals surface area contributed by atoms with E-state index < -0.39 is 0 Å². The van der Waals surface area contributed by atoms with Gasteiger partial charge in [-0.05, 0) is 6.92 Å². The zero-order valence-electron chi connectivity index (χ0n) is 11.1. The molecule has 0 spiro atoms. The Kier molecular flexibility index (Phi) is 6.55. The highest BCUT2D eigenvalue weighted by atomic mass is 16.5. The lowest BCUT2D eigenvalue weighted by molar-refractivity contribution is -0.142. The number of carbonyl (C=O) groups excluding carboxylic acids is 1. The van der Waals surface area contributed by atoms with Crippen LogP contribution in [0.25, 0.3) is 0 Å². The first kappa shape index (κ1) is 15.1. The average molecular weight is 269 g/mol. The molecule has 1 rings (SSSR count). The molecule has 0 radical (unpaired) electrons. The monoisotopic (exact) mass is 269 g/mol. The quantitative estimate of drug-likeness (QED) is 0.350. The summed E-state index contributed by atoms with van der Waals surface area (Å²) in [4.78, 5) is 19.5. The number of nitrogen functional groups attached to an aromatic ring is 1. The van der Waals surface area contributed by atoms with Crippen LogP contribution in [0.2, 0.25) is 0 Å². The number of rotatable bonds is 8. The van der Waals surface area contributed by atoms with Gasteiger partial charge in [-0.15, -0.1) is 0 Å². The van der Waals surface area contributed by atoms with Gasteiger partial charge in [0.05, 0.1) is 13.0 Å². The zero-order valence-corrected chi connectivity index (χ0v) is 11.1. The van der Waals surface area contributed by atoms with Gasteiger partial charge in [0, 0.05) is 19.7 Å². The third-order valence-electron chi connectivity index (χ3n) is 2.13. The molecule has 0 aliphatic rings. The molecule has 0 aromatic carbocycles. The predicted octanol–water partition coefficient (Wildman–Crippen LogP) is 0.274. The summed E-state index contributed by atoms with van der Waals surface area (Å²) in [6, 6.07) is 1.64. The number of nitrogens with zero attached hydrogens (tertiary/aromatic N) is 2. The molecule has 1 aromatic heterocycles. The summed E-state index contributed by atoms with van der Waals surface area (Å²) in [5, 5.41) is 3.00.